The van der Waals surface area contributed by atoms with Crippen LogP contribution in [0.5, 0.6) is 0 Å². The number of morpholine rings is 1. The van der Waals surface area contributed by atoms with E-state index in [1.807, 2.05) is 22.7 Å². The van der Waals surface area contributed by atoms with E-state index in [4.69, 9.17) is 4.74 Å². The van der Waals surface area contributed by atoms with Gasteiger partial charge in [0, 0.05) is 39.1 Å². The predicted octanol–water partition coefficient (Wildman–Crippen LogP) is 1.31. The van der Waals surface area contributed by atoms with Crippen molar-refractivity contribution in [3.8, 4) is 0 Å². The van der Waals surface area contributed by atoms with E-state index in [1.165, 1.54) is 6.07 Å². The molecule has 6 nitrogen and oxygen atoms in total. The highest BCUT2D eigenvalue weighted by molar-refractivity contribution is 5.78. The lowest BCUT2D eigenvalue weighted by atomic mass is 10.1. The topological polar surface area (TPSA) is 50.6 Å². The Morgan fingerprint density at radius 3 is 2.81 bits per heavy atom. The summed E-state index contributed by atoms with van der Waals surface area (Å²) in [6, 6.07) is 3.87. The van der Waals surface area contributed by atoms with E-state index in [0.717, 1.165) is 11.9 Å². The Kier molecular flexibility index (Phi) is 4.46. The Balaban J connectivity index is 1.47. The van der Waals surface area contributed by atoms with Gasteiger partial charge in [-0.2, -0.15) is 0 Å². The van der Waals surface area contributed by atoms with Crippen LogP contribution < -0.4 is 0 Å². The molecule has 138 valence electrons. The van der Waals surface area contributed by atoms with Gasteiger partial charge in [-0.1, -0.05) is 6.07 Å². The van der Waals surface area contributed by atoms with Crippen molar-refractivity contribution in [1.82, 2.24) is 19.4 Å². The van der Waals surface area contributed by atoms with Gasteiger partial charge in [0.05, 0.1) is 18.7 Å². The number of hydrogen-bond acceptors (Lipinski definition) is 4. The minimum absolute atomic E-state index is 0.0519. The van der Waals surface area contributed by atoms with Crippen LogP contribution in [-0.4, -0.2) is 57.1 Å². The van der Waals surface area contributed by atoms with Crippen molar-refractivity contribution in [2.24, 2.45) is 7.05 Å². The van der Waals surface area contributed by atoms with Crippen molar-refractivity contribution in [2.45, 2.75) is 25.2 Å². The lowest BCUT2D eigenvalue weighted by molar-refractivity contribution is -0.154. The number of likely N-dealkylation sites (tertiary alicyclic amines) is 1. The fraction of sp³-hybridized carbons (Fsp3) is 0.444. The Morgan fingerprint density at radius 1 is 1.23 bits per heavy atom. The fourth-order valence-electron chi connectivity index (χ4n) is 3.67. The van der Waals surface area contributed by atoms with Gasteiger partial charge in [-0.15, -0.1) is 0 Å². The van der Waals surface area contributed by atoms with Crippen LogP contribution in [0, 0.1) is 11.6 Å². The van der Waals surface area contributed by atoms with Gasteiger partial charge in [0.15, 0.2) is 11.6 Å². The van der Waals surface area contributed by atoms with Crippen LogP contribution >= 0.6 is 0 Å². The first-order valence-electron chi connectivity index (χ1n) is 8.55. The Morgan fingerprint density at radius 2 is 2.08 bits per heavy atom. The van der Waals surface area contributed by atoms with E-state index in [1.54, 1.807) is 12.3 Å². The van der Waals surface area contributed by atoms with E-state index < -0.39 is 11.6 Å². The fourth-order valence-corrected chi connectivity index (χ4v) is 3.67. The first-order chi connectivity index (χ1) is 12.5. The third-order valence-electron chi connectivity index (χ3n) is 5.08. The highest BCUT2D eigenvalue weighted by atomic mass is 19.2. The van der Waals surface area contributed by atoms with E-state index in [2.05, 4.69) is 9.88 Å². The molecule has 2 aliphatic rings. The maximum Gasteiger partial charge on any atom is 0.249 e. The predicted molar refractivity (Wildman–Crippen MR) is 88.9 cm³/mol. The molecule has 2 fully saturated rings. The highest BCUT2D eigenvalue weighted by Gasteiger charge is 2.43. The summed E-state index contributed by atoms with van der Waals surface area (Å²) in [5, 5.41) is 0. The number of halogens is 2. The van der Waals surface area contributed by atoms with Gasteiger partial charge in [0.2, 0.25) is 5.91 Å². The number of ether oxygens (including phenoxy) is 1. The summed E-state index contributed by atoms with van der Waals surface area (Å²) in [4.78, 5) is 20.6. The number of fused-ring (bicyclic) bond motifs is 1. The van der Waals surface area contributed by atoms with Gasteiger partial charge in [-0.05, 0) is 17.7 Å². The molecule has 26 heavy (non-hydrogen) atoms. The number of carbonyl (C=O) groups is 1. The molecule has 3 heterocycles. The minimum Gasteiger partial charge on any atom is -0.365 e. The number of benzene rings is 1. The van der Waals surface area contributed by atoms with E-state index in [0.29, 0.717) is 31.7 Å². The summed E-state index contributed by atoms with van der Waals surface area (Å²) in [6.45, 7) is 2.25. The van der Waals surface area contributed by atoms with Crippen LogP contribution in [0.1, 0.15) is 11.4 Å². The van der Waals surface area contributed by atoms with Crippen molar-refractivity contribution in [1.29, 1.82) is 0 Å². The zero-order valence-corrected chi connectivity index (χ0v) is 14.4. The molecule has 2 saturated heterocycles. The molecular formula is C18H20F2N4O2. The first kappa shape index (κ1) is 17.1. The van der Waals surface area contributed by atoms with Crippen molar-refractivity contribution in [3.05, 3.63) is 53.6 Å². The Labute approximate surface area is 150 Å². The number of amides is 1. The molecule has 1 aromatic heterocycles. The molecule has 0 bridgehead atoms. The Hall–Kier alpha value is -2.32. The summed E-state index contributed by atoms with van der Waals surface area (Å²) in [6.07, 6.45) is 3.47. The summed E-state index contributed by atoms with van der Waals surface area (Å²) < 4.78 is 34.1. The van der Waals surface area contributed by atoms with Crippen LogP contribution in [0.3, 0.4) is 0 Å². The monoisotopic (exact) mass is 362 g/mol. The highest BCUT2D eigenvalue weighted by Crippen LogP contribution is 2.26. The van der Waals surface area contributed by atoms with Crippen molar-refractivity contribution < 1.29 is 18.3 Å². The molecule has 0 radical (unpaired) electrons. The molecule has 4 rings (SSSR count). The molecule has 0 aliphatic carbocycles. The standard InChI is InChI=1S/C18H20F2N4O2/c1-22-5-4-21-17(22)10-24-15-8-23(9-16(15)26-11-18(24)25)7-12-2-3-13(19)14(20)6-12/h2-6,15-16H,7-11H2,1H3/t15-,16+/m1/s1. The molecule has 2 aliphatic heterocycles. The number of imidazole rings is 1. The number of aromatic nitrogens is 2. The van der Waals surface area contributed by atoms with Gasteiger partial charge in [0.25, 0.3) is 0 Å². The van der Waals surface area contributed by atoms with Gasteiger partial charge in [-0.25, -0.2) is 13.8 Å². The zero-order valence-electron chi connectivity index (χ0n) is 14.4. The molecule has 2 aromatic rings. The third-order valence-corrected chi connectivity index (χ3v) is 5.08. The molecule has 0 spiro atoms. The molecule has 0 unspecified atom stereocenters. The van der Waals surface area contributed by atoms with Crippen LogP contribution in [0.4, 0.5) is 8.78 Å². The molecule has 2 atom stereocenters. The maximum atomic E-state index is 13.4. The summed E-state index contributed by atoms with van der Waals surface area (Å²) >= 11 is 0. The summed E-state index contributed by atoms with van der Waals surface area (Å²) in [5.74, 6) is -0.928. The molecule has 8 heteroatoms. The number of nitrogens with zero attached hydrogens (tertiary/aromatic N) is 4. The molecule has 0 N–H and O–H groups in total. The second-order valence-electron chi connectivity index (χ2n) is 6.84. The molecule has 1 aromatic carbocycles. The summed E-state index contributed by atoms with van der Waals surface area (Å²) in [5.41, 5.74) is 0.699. The zero-order chi connectivity index (χ0) is 18.3. The lowest BCUT2D eigenvalue weighted by Crippen LogP contribution is -2.53. The van der Waals surface area contributed by atoms with Crippen LogP contribution in [-0.2, 0) is 29.7 Å². The molecular weight excluding hydrogens is 342 g/mol. The van der Waals surface area contributed by atoms with Gasteiger partial charge >= 0.3 is 0 Å². The lowest BCUT2D eigenvalue weighted by Gasteiger charge is -2.36. The van der Waals surface area contributed by atoms with Gasteiger partial charge in [-0.3, -0.25) is 9.69 Å². The van der Waals surface area contributed by atoms with Crippen molar-refractivity contribution >= 4 is 5.91 Å². The van der Waals surface area contributed by atoms with Crippen LogP contribution in [0.15, 0.2) is 30.6 Å². The van der Waals surface area contributed by atoms with E-state index in [-0.39, 0.29) is 24.7 Å². The smallest absolute Gasteiger partial charge is 0.249 e. The number of rotatable bonds is 4. The number of aryl methyl sites for hydroxylation is 1. The molecule has 1 amide bonds. The minimum atomic E-state index is -0.848. The largest absolute Gasteiger partial charge is 0.365 e. The normalized spacial score (nSPS) is 23.5. The number of carbonyl (C=O) groups excluding carboxylic acids is 1. The third kappa shape index (κ3) is 3.22. The SMILES string of the molecule is Cn1ccnc1CN1C(=O)CO[C@H]2CN(Cc3ccc(F)c(F)c3)C[C@H]21. The average Bonchev–Trinajstić information content (AvgIpc) is 3.20. The van der Waals surface area contributed by atoms with Crippen molar-refractivity contribution in [2.75, 3.05) is 19.7 Å². The maximum absolute atomic E-state index is 13.4. The second-order valence-corrected chi connectivity index (χ2v) is 6.84. The average molecular weight is 362 g/mol. The van der Waals surface area contributed by atoms with Crippen LogP contribution in [0.2, 0.25) is 0 Å². The first-order valence-corrected chi connectivity index (χ1v) is 8.55. The Bertz CT molecular complexity index is 825. The van der Waals surface area contributed by atoms with Crippen molar-refractivity contribution in [3.63, 3.8) is 0 Å². The quantitative estimate of drug-likeness (QED) is 0.823. The summed E-state index contributed by atoms with van der Waals surface area (Å²) in [7, 11) is 1.90. The van der Waals surface area contributed by atoms with E-state index in [9.17, 15) is 13.6 Å². The second kappa shape index (κ2) is 6.77. The van der Waals surface area contributed by atoms with Gasteiger partial charge in [0.1, 0.15) is 12.4 Å². The number of hydrogen-bond donors (Lipinski definition) is 0. The van der Waals surface area contributed by atoms with E-state index >= 15 is 0 Å². The molecule has 0 saturated carbocycles. The van der Waals surface area contributed by atoms with Gasteiger partial charge < -0.3 is 14.2 Å². The van der Waals surface area contributed by atoms with Crippen LogP contribution in [0.25, 0.3) is 0 Å².